The molecular formula is C23H20N4O4. The second-order valence-electron chi connectivity index (χ2n) is 6.43. The maximum absolute atomic E-state index is 12.7. The Morgan fingerprint density at radius 2 is 1.71 bits per heavy atom. The van der Waals surface area contributed by atoms with E-state index in [1.807, 2.05) is 29.1 Å². The summed E-state index contributed by atoms with van der Waals surface area (Å²) in [4.78, 5) is 21.1. The normalized spacial score (nSPS) is 10.4. The summed E-state index contributed by atoms with van der Waals surface area (Å²) in [6.07, 6.45) is 5.22. The van der Waals surface area contributed by atoms with Gasteiger partial charge in [-0.1, -0.05) is 6.07 Å². The van der Waals surface area contributed by atoms with Crippen molar-refractivity contribution in [2.45, 2.75) is 0 Å². The topological polar surface area (TPSA) is 87.5 Å². The van der Waals surface area contributed by atoms with E-state index in [4.69, 9.17) is 14.2 Å². The molecule has 2 aromatic carbocycles. The van der Waals surface area contributed by atoms with E-state index < -0.39 is 0 Å². The second-order valence-corrected chi connectivity index (χ2v) is 6.43. The van der Waals surface area contributed by atoms with Crippen LogP contribution < -0.4 is 19.5 Å². The molecule has 31 heavy (non-hydrogen) atoms. The van der Waals surface area contributed by atoms with Crippen molar-refractivity contribution < 1.29 is 19.0 Å². The van der Waals surface area contributed by atoms with Crippen LogP contribution in [0.2, 0.25) is 0 Å². The Labute approximate surface area is 179 Å². The van der Waals surface area contributed by atoms with Gasteiger partial charge in [0.1, 0.15) is 17.9 Å². The van der Waals surface area contributed by atoms with Crippen LogP contribution in [0.15, 0.2) is 79.4 Å². The third-order valence-electron chi connectivity index (χ3n) is 4.48. The number of ether oxygens (including phenoxy) is 3. The molecular weight excluding hydrogens is 396 g/mol. The number of nitrogens with one attached hydrogen (secondary N) is 1. The number of amides is 1. The molecule has 1 N–H and O–H groups in total. The molecule has 1 amide bonds. The van der Waals surface area contributed by atoms with Crippen LogP contribution in [0, 0.1) is 0 Å². The van der Waals surface area contributed by atoms with Gasteiger partial charge in [0.15, 0.2) is 11.5 Å². The zero-order chi connectivity index (χ0) is 21.6. The number of aromatic nitrogens is 3. The van der Waals surface area contributed by atoms with Crippen molar-refractivity contribution in [2.24, 2.45) is 0 Å². The quantitative estimate of drug-likeness (QED) is 0.483. The van der Waals surface area contributed by atoms with Gasteiger partial charge >= 0.3 is 0 Å². The molecule has 8 nitrogen and oxygen atoms in total. The molecule has 0 radical (unpaired) electrons. The summed E-state index contributed by atoms with van der Waals surface area (Å²) in [5.41, 5.74) is 0.985. The van der Waals surface area contributed by atoms with Gasteiger partial charge in [0, 0.05) is 24.1 Å². The molecule has 4 rings (SSSR count). The van der Waals surface area contributed by atoms with Crippen molar-refractivity contribution in [3.8, 4) is 28.9 Å². The molecule has 2 aromatic heterocycles. The van der Waals surface area contributed by atoms with Crippen molar-refractivity contribution in [3.63, 3.8) is 0 Å². The molecule has 0 atom stereocenters. The molecule has 0 aliphatic heterocycles. The number of carbonyl (C=O) groups is 1. The summed E-state index contributed by atoms with van der Waals surface area (Å²) < 4.78 is 18.3. The Balaban J connectivity index is 1.46. The highest BCUT2D eigenvalue weighted by Gasteiger charge is 2.16. The molecule has 0 saturated heterocycles. The average molecular weight is 416 g/mol. The van der Waals surface area contributed by atoms with E-state index in [-0.39, 0.29) is 5.91 Å². The molecule has 4 aromatic rings. The Bertz CT molecular complexity index is 1170. The SMILES string of the molecule is COc1cccc(C(=O)Nc2ccc(Oc3cc(-n4cccc4)ncn3)cc2)c1OC. The highest BCUT2D eigenvalue weighted by Crippen LogP contribution is 2.31. The van der Waals surface area contributed by atoms with Gasteiger partial charge in [-0.05, 0) is 48.5 Å². The summed E-state index contributed by atoms with van der Waals surface area (Å²) in [7, 11) is 3.02. The molecule has 0 bridgehead atoms. The van der Waals surface area contributed by atoms with E-state index in [1.54, 1.807) is 48.5 Å². The van der Waals surface area contributed by atoms with Gasteiger partial charge in [0.2, 0.25) is 5.88 Å². The predicted molar refractivity (Wildman–Crippen MR) is 115 cm³/mol. The fourth-order valence-corrected chi connectivity index (χ4v) is 3.01. The van der Waals surface area contributed by atoms with Crippen LogP contribution in [-0.4, -0.2) is 34.7 Å². The molecule has 2 heterocycles. The van der Waals surface area contributed by atoms with E-state index in [9.17, 15) is 4.79 Å². The molecule has 0 aliphatic rings. The third-order valence-corrected chi connectivity index (χ3v) is 4.48. The van der Waals surface area contributed by atoms with Crippen molar-refractivity contribution in [1.29, 1.82) is 0 Å². The van der Waals surface area contributed by atoms with Gasteiger partial charge in [0.25, 0.3) is 5.91 Å². The summed E-state index contributed by atoms with van der Waals surface area (Å²) in [5.74, 6) is 2.25. The number of nitrogens with zero attached hydrogens (tertiary/aromatic N) is 3. The monoisotopic (exact) mass is 416 g/mol. The average Bonchev–Trinajstić information content (AvgIpc) is 3.35. The number of rotatable bonds is 7. The van der Waals surface area contributed by atoms with E-state index in [0.29, 0.717) is 40.2 Å². The van der Waals surface area contributed by atoms with E-state index in [1.165, 1.54) is 20.5 Å². The first-order chi connectivity index (χ1) is 15.2. The van der Waals surface area contributed by atoms with Gasteiger partial charge in [-0.3, -0.25) is 4.79 Å². The van der Waals surface area contributed by atoms with Gasteiger partial charge in [-0.15, -0.1) is 0 Å². The van der Waals surface area contributed by atoms with Crippen molar-refractivity contribution in [2.75, 3.05) is 19.5 Å². The molecule has 8 heteroatoms. The maximum Gasteiger partial charge on any atom is 0.259 e. The molecule has 0 aliphatic carbocycles. The Hall–Kier alpha value is -4.33. The largest absolute Gasteiger partial charge is 0.493 e. The summed E-state index contributed by atoms with van der Waals surface area (Å²) in [6.45, 7) is 0. The predicted octanol–water partition coefficient (Wildman–Crippen LogP) is 4.33. The van der Waals surface area contributed by atoms with Crippen LogP contribution in [0.1, 0.15) is 10.4 Å². The highest BCUT2D eigenvalue weighted by atomic mass is 16.5. The van der Waals surface area contributed by atoms with Crippen molar-refractivity contribution in [1.82, 2.24) is 14.5 Å². The van der Waals surface area contributed by atoms with Crippen LogP contribution in [0.3, 0.4) is 0 Å². The number of hydrogen-bond acceptors (Lipinski definition) is 6. The van der Waals surface area contributed by atoms with Gasteiger partial charge < -0.3 is 24.1 Å². The number of para-hydroxylation sites is 1. The van der Waals surface area contributed by atoms with E-state index in [2.05, 4.69) is 15.3 Å². The number of anilines is 1. The number of carbonyl (C=O) groups excluding carboxylic acids is 1. The highest BCUT2D eigenvalue weighted by molar-refractivity contribution is 6.06. The molecule has 0 unspecified atom stereocenters. The minimum Gasteiger partial charge on any atom is -0.493 e. The van der Waals surface area contributed by atoms with Crippen LogP contribution >= 0.6 is 0 Å². The number of benzene rings is 2. The first-order valence-electron chi connectivity index (χ1n) is 9.43. The molecule has 156 valence electrons. The van der Waals surface area contributed by atoms with Crippen LogP contribution in [0.4, 0.5) is 5.69 Å². The first-order valence-corrected chi connectivity index (χ1v) is 9.43. The minimum absolute atomic E-state index is 0.309. The summed E-state index contributed by atoms with van der Waals surface area (Å²) in [5, 5.41) is 2.84. The van der Waals surface area contributed by atoms with Crippen LogP contribution in [0.5, 0.6) is 23.1 Å². The first kappa shape index (κ1) is 20.0. The molecule has 0 saturated carbocycles. The Morgan fingerprint density at radius 3 is 2.42 bits per heavy atom. The summed E-state index contributed by atoms with van der Waals surface area (Å²) in [6, 6.07) is 17.7. The van der Waals surface area contributed by atoms with Crippen LogP contribution in [0.25, 0.3) is 5.82 Å². The van der Waals surface area contributed by atoms with Gasteiger partial charge in [-0.25, -0.2) is 9.97 Å². The lowest BCUT2D eigenvalue weighted by Crippen LogP contribution is -2.13. The van der Waals surface area contributed by atoms with E-state index in [0.717, 1.165) is 0 Å². The fourth-order valence-electron chi connectivity index (χ4n) is 3.01. The second kappa shape index (κ2) is 9.00. The smallest absolute Gasteiger partial charge is 0.259 e. The van der Waals surface area contributed by atoms with Crippen LogP contribution in [-0.2, 0) is 0 Å². The number of hydrogen-bond donors (Lipinski definition) is 1. The molecule has 0 fully saturated rings. The lowest BCUT2D eigenvalue weighted by atomic mass is 10.1. The molecule has 0 spiro atoms. The Morgan fingerprint density at radius 1 is 0.935 bits per heavy atom. The maximum atomic E-state index is 12.7. The lowest BCUT2D eigenvalue weighted by molar-refractivity contribution is 0.102. The minimum atomic E-state index is -0.309. The van der Waals surface area contributed by atoms with Crippen molar-refractivity contribution >= 4 is 11.6 Å². The Kier molecular flexibility index (Phi) is 5.79. The zero-order valence-corrected chi connectivity index (χ0v) is 17.0. The lowest BCUT2D eigenvalue weighted by Gasteiger charge is -2.13. The van der Waals surface area contributed by atoms with Crippen molar-refractivity contribution in [3.05, 3.63) is 84.9 Å². The fraction of sp³-hybridized carbons (Fsp3) is 0.0870. The van der Waals surface area contributed by atoms with Gasteiger partial charge in [0.05, 0.1) is 19.8 Å². The number of methoxy groups -OCH3 is 2. The third kappa shape index (κ3) is 4.48. The van der Waals surface area contributed by atoms with Gasteiger partial charge in [-0.2, -0.15) is 0 Å². The van der Waals surface area contributed by atoms with E-state index >= 15 is 0 Å². The zero-order valence-electron chi connectivity index (χ0n) is 17.0. The summed E-state index contributed by atoms with van der Waals surface area (Å²) >= 11 is 0. The standard InChI is InChI=1S/C23H20N4O4/c1-29-19-7-5-6-18(22(19)30-2)23(28)26-16-8-10-17(11-9-16)31-21-14-20(24-15-25-21)27-12-3-4-13-27/h3-15H,1-2H3,(H,26,28).